The molecule has 0 saturated heterocycles. The molecule has 2 aliphatic rings. The highest BCUT2D eigenvalue weighted by Crippen LogP contribution is 2.80. The van der Waals surface area contributed by atoms with E-state index in [0.717, 1.165) is 0 Å². The third-order valence-corrected chi connectivity index (χ3v) is 7.61. The minimum atomic E-state index is -5.25. The van der Waals surface area contributed by atoms with Crippen LogP contribution in [-0.2, 0) is 14.0 Å². The summed E-state index contributed by atoms with van der Waals surface area (Å²) in [5.41, 5.74) is -4.64. The maximum atomic E-state index is 13.8. The summed E-state index contributed by atoms with van der Waals surface area (Å²) < 4.78 is 76.6. The van der Waals surface area contributed by atoms with Crippen LogP contribution in [0.15, 0.2) is 34.1 Å². The highest BCUT2D eigenvalue weighted by atomic mass is 32.3. The summed E-state index contributed by atoms with van der Waals surface area (Å²) in [6.07, 6.45) is 2.46. The summed E-state index contributed by atoms with van der Waals surface area (Å²) in [7, 11) is -9.50. The predicted octanol–water partition coefficient (Wildman–Crippen LogP) is 3.87. The van der Waals surface area contributed by atoms with Crippen molar-refractivity contribution in [1.82, 2.24) is 0 Å². The Kier molecular flexibility index (Phi) is 3.18. The van der Waals surface area contributed by atoms with Crippen molar-refractivity contribution in [1.29, 1.82) is 0 Å². The Morgan fingerprint density at radius 2 is 1.86 bits per heavy atom. The van der Waals surface area contributed by atoms with Crippen molar-refractivity contribution in [2.24, 2.45) is 5.92 Å². The lowest BCUT2D eigenvalue weighted by Crippen LogP contribution is -2.26. The molecular formula is C12H11F3O4S2. The van der Waals surface area contributed by atoms with Crippen molar-refractivity contribution in [3.63, 3.8) is 0 Å². The van der Waals surface area contributed by atoms with E-state index in [-0.39, 0.29) is 21.3 Å². The van der Waals surface area contributed by atoms with Gasteiger partial charge in [0, 0.05) is 20.1 Å². The van der Waals surface area contributed by atoms with E-state index in [2.05, 4.69) is 3.63 Å². The van der Waals surface area contributed by atoms with Crippen molar-refractivity contribution in [2.45, 2.75) is 23.2 Å². The SMILES string of the molecule is O=S(=O)(O)OS1(C(F)(F)F)C(C2CC2)=Cc2ccccc21. The average Bonchev–Trinajstić information content (AvgIpc) is 3.11. The number of alkyl halides is 3. The Bertz CT molecular complexity index is 722. The molecule has 1 heterocycles. The van der Waals surface area contributed by atoms with Gasteiger partial charge in [0.2, 0.25) is 0 Å². The lowest BCUT2D eigenvalue weighted by Gasteiger charge is -2.38. The van der Waals surface area contributed by atoms with Gasteiger partial charge in [-0.1, -0.05) is 18.2 Å². The van der Waals surface area contributed by atoms with Gasteiger partial charge in [-0.15, -0.1) is 0 Å². The number of benzene rings is 1. The summed E-state index contributed by atoms with van der Waals surface area (Å²) in [5, 5.41) is 0. The molecule has 1 aliphatic heterocycles. The molecule has 9 heteroatoms. The van der Waals surface area contributed by atoms with E-state index < -0.39 is 26.2 Å². The van der Waals surface area contributed by atoms with Gasteiger partial charge >= 0.3 is 15.9 Å². The van der Waals surface area contributed by atoms with Crippen molar-refractivity contribution in [3.05, 3.63) is 34.7 Å². The van der Waals surface area contributed by atoms with Crippen LogP contribution >= 0.6 is 10.3 Å². The highest BCUT2D eigenvalue weighted by molar-refractivity contribution is 8.36. The van der Waals surface area contributed by atoms with Crippen molar-refractivity contribution in [2.75, 3.05) is 0 Å². The van der Waals surface area contributed by atoms with Crippen LogP contribution in [0.5, 0.6) is 0 Å². The molecule has 116 valence electrons. The quantitative estimate of drug-likeness (QED) is 0.849. The minimum Gasteiger partial charge on any atom is -0.263 e. The van der Waals surface area contributed by atoms with E-state index in [9.17, 15) is 21.6 Å². The first kappa shape index (κ1) is 14.9. The Balaban J connectivity index is 2.27. The van der Waals surface area contributed by atoms with E-state index >= 15 is 0 Å². The van der Waals surface area contributed by atoms with Gasteiger partial charge in [0.1, 0.15) is 0 Å². The molecular weight excluding hydrogens is 329 g/mol. The van der Waals surface area contributed by atoms with Crippen molar-refractivity contribution >= 4 is 26.8 Å². The summed E-state index contributed by atoms with van der Waals surface area (Å²) in [6, 6.07) is 5.64. The Labute approximate surface area is 121 Å². The van der Waals surface area contributed by atoms with Gasteiger partial charge < -0.3 is 0 Å². The molecule has 1 aromatic rings. The van der Waals surface area contributed by atoms with E-state index in [4.69, 9.17) is 4.55 Å². The second-order valence-corrected chi connectivity index (χ2v) is 8.74. The molecule has 4 nitrogen and oxygen atoms in total. The summed E-state index contributed by atoms with van der Waals surface area (Å²) in [4.78, 5) is -0.300. The smallest absolute Gasteiger partial charge is 0.263 e. The van der Waals surface area contributed by atoms with E-state index in [1.807, 2.05) is 0 Å². The van der Waals surface area contributed by atoms with Crippen LogP contribution in [-0.4, -0.2) is 18.5 Å². The maximum Gasteiger partial charge on any atom is 0.456 e. The second kappa shape index (κ2) is 4.48. The van der Waals surface area contributed by atoms with E-state index in [0.29, 0.717) is 12.8 Å². The molecule has 0 radical (unpaired) electrons. The predicted molar refractivity (Wildman–Crippen MR) is 71.7 cm³/mol. The van der Waals surface area contributed by atoms with Gasteiger partial charge in [-0.2, -0.15) is 25.2 Å². The van der Waals surface area contributed by atoms with Gasteiger partial charge in [-0.3, -0.25) is 4.55 Å². The van der Waals surface area contributed by atoms with E-state index in [1.54, 1.807) is 6.07 Å². The summed E-state index contributed by atoms with van der Waals surface area (Å²) >= 11 is 0. The van der Waals surface area contributed by atoms with Crippen LogP contribution in [0.4, 0.5) is 13.2 Å². The fourth-order valence-electron chi connectivity index (χ4n) is 2.45. The standard InChI is InChI=1S/C12H11F3O4S2/c13-12(14,15)20(19-21(16,17)18)10-4-2-1-3-9(10)7-11(20)8-5-6-8/h1-4,7-8H,5-6H2,(H,16,17,18). The molecule has 0 amide bonds. The van der Waals surface area contributed by atoms with E-state index in [1.165, 1.54) is 24.3 Å². The van der Waals surface area contributed by atoms with Gasteiger partial charge in [0.15, 0.2) is 0 Å². The van der Waals surface area contributed by atoms with Crippen LogP contribution in [0.25, 0.3) is 6.08 Å². The Hall–Kier alpha value is -1.03. The molecule has 3 rings (SSSR count). The molecule has 0 bridgehead atoms. The zero-order valence-electron chi connectivity index (χ0n) is 10.5. The topological polar surface area (TPSA) is 63.6 Å². The number of allylic oxidation sites excluding steroid dienone is 1. The zero-order chi connectivity index (χ0) is 15.5. The lowest BCUT2D eigenvalue weighted by atomic mass is 10.2. The lowest BCUT2D eigenvalue weighted by molar-refractivity contribution is -0.0432. The molecule has 1 N–H and O–H groups in total. The van der Waals surface area contributed by atoms with Crippen LogP contribution in [0.1, 0.15) is 18.4 Å². The first-order chi connectivity index (χ1) is 9.65. The monoisotopic (exact) mass is 340 g/mol. The number of rotatable bonds is 3. The van der Waals surface area contributed by atoms with Gasteiger partial charge in [-0.05, 0) is 36.5 Å². The van der Waals surface area contributed by atoms with Crippen LogP contribution in [0, 0.1) is 5.92 Å². The fourth-order valence-corrected chi connectivity index (χ4v) is 6.89. The molecule has 1 aromatic carbocycles. The maximum absolute atomic E-state index is 13.8. The van der Waals surface area contributed by atoms with Crippen LogP contribution in [0.2, 0.25) is 0 Å². The summed E-state index contributed by atoms with van der Waals surface area (Å²) in [5.74, 6) is -0.351. The minimum absolute atomic E-state index is 0.0752. The molecule has 0 aromatic heterocycles. The Morgan fingerprint density at radius 3 is 2.38 bits per heavy atom. The average molecular weight is 340 g/mol. The number of hydrogen-bond acceptors (Lipinski definition) is 3. The first-order valence-corrected chi connectivity index (χ1v) is 8.96. The molecule has 1 atom stereocenters. The normalized spacial score (nSPS) is 28.7. The van der Waals surface area contributed by atoms with Crippen molar-refractivity contribution < 1.29 is 29.8 Å². The molecule has 0 spiro atoms. The summed E-state index contributed by atoms with van der Waals surface area (Å²) in [6.45, 7) is 0. The largest absolute Gasteiger partial charge is 0.456 e. The third-order valence-electron chi connectivity index (χ3n) is 3.35. The third kappa shape index (κ3) is 2.37. The number of halogens is 3. The van der Waals surface area contributed by atoms with Gasteiger partial charge in [0.25, 0.3) is 0 Å². The van der Waals surface area contributed by atoms with Gasteiger partial charge in [-0.25, -0.2) is 0 Å². The Morgan fingerprint density at radius 1 is 1.24 bits per heavy atom. The fraction of sp³-hybridized carbons (Fsp3) is 0.333. The second-order valence-electron chi connectivity index (χ2n) is 4.86. The molecule has 1 aliphatic carbocycles. The molecule has 1 unspecified atom stereocenters. The highest BCUT2D eigenvalue weighted by Gasteiger charge is 2.62. The van der Waals surface area contributed by atoms with Crippen molar-refractivity contribution in [3.8, 4) is 0 Å². The number of hydrogen-bond donors (Lipinski definition) is 1. The van der Waals surface area contributed by atoms with Crippen LogP contribution < -0.4 is 0 Å². The molecule has 21 heavy (non-hydrogen) atoms. The van der Waals surface area contributed by atoms with Gasteiger partial charge in [0.05, 0.1) is 0 Å². The first-order valence-electron chi connectivity index (χ1n) is 6.04. The molecule has 1 fully saturated rings. The number of fused-ring (bicyclic) bond motifs is 1. The molecule has 1 saturated carbocycles. The zero-order valence-corrected chi connectivity index (χ0v) is 12.1. The van der Waals surface area contributed by atoms with Crippen LogP contribution in [0.3, 0.4) is 0 Å².